The predicted octanol–water partition coefficient (Wildman–Crippen LogP) is 5.09. The van der Waals surface area contributed by atoms with E-state index in [1.54, 1.807) is 18.2 Å². The van der Waals surface area contributed by atoms with Crippen molar-refractivity contribution < 1.29 is 28.4 Å². The van der Waals surface area contributed by atoms with E-state index in [9.17, 15) is 14.2 Å². The number of hydrogen-bond donors (Lipinski definition) is 0. The van der Waals surface area contributed by atoms with Gasteiger partial charge in [0, 0.05) is 6.42 Å². The van der Waals surface area contributed by atoms with Crippen molar-refractivity contribution in [3.8, 4) is 11.5 Å². The highest BCUT2D eigenvalue weighted by Crippen LogP contribution is 2.39. The van der Waals surface area contributed by atoms with E-state index in [0.29, 0.717) is 36.7 Å². The smallest absolute Gasteiger partial charge is 0.324 e. The Kier molecular flexibility index (Phi) is 10.2. The monoisotopic (exact) mass is 410 g/mol. The zero-order valence-electron chi connectivity index (χ0n) is 17.4. The predicted molar refractivity (Wildman–Crippen MR) is 109 cm³/mol. The van der Waals surface area contributed by atoms with E-state index in [4.69, 9.17) is 14.2 Å². The van der Waals surface area contributed by atoms with Crippen molar-refractivity contribution >= 4 is 20.2 Å². The van der Waals surface area contributed by atoms with Gasteiger partial charge in [-0.05, 0) is 30.9 Å². The molecule has 0 heterocycles. The standard InChI is InChI=1S/C21H31O6P/c1-6-7-12-21(28-24,20(23)27-13-11-15(2)3)14-16(22)19-17(25-4)9-8-10-18(19)26-5/h8-10,15H,6-7,11-14H2,1-5H3. The first-order valence-corrected chi connectivity index (χ1v) is 10.4. The molecule has 0 saturated carbocycles. The lowest BCUT2D eigenvalue weighted by atomic mass is 9.91. The average molecular weight is 410 g/mol. The van der Waals surface area contributed by atoms with E-state index in [-0.39, 0.29) is 24.4 Å². The number of carbonyl (C=O) groups is 2. The first kappa shape index (κ1) is 24.1. The summed E-state index contributed by atoms with van der Waals surface area (Å²) in [7, 11) is 2.50. The number of carbonyl (C=O) groups excluding carboxylic acids is 2. The lowest BCUT2D eigenvalue weighted by Crippen LogP contribution is -2.37. The van der Waals surface area contributed by atoms with E-state index in [0.717, 1.165) is 6.42 Å². The number of ether oxygens (including phenoxy) is 3. The number of ketones is 1. The number of esters is 1. The molecule has 0 radical (unpaired) electrons. The molecule has 1 unspecified atom stereocenters. The van der Waals surface area contributed by atoms with E-state index in [1.165, 1.54) is 14.2 Å². The van der Waals surface area contributed by atoms with E-state index >= 15 is 0 Å². The summed E-state index contributed by atoms with van der Waals surface area (Å²) < 4.78 is 28.1. The van der Waals surface area contributed by atoms with Crippen LogP contribution in [0.5, 0.6) is 11.5 Å². The van der Waals surface area contributed by atoms with Gasteiger partial charge in [0.1, 0.15) is 17.1 Å². The molecule has 0 fully saturated rings. The molecule has 28 heavy (non-hydrogen) atoms. The molecule has 0 aromatic heterocycles. The van der Waals surface area contributed by atoms with Crippen LogP contribution in [0.1, 0.15) is 63.2 Å². The second kappa shape index (κ2) is 11.8. The fourth-order valence-corrected chi connectivity index (χ4v) is 3.45. The van der Waals surface area contributed by atoms with Crippen molar-refractivity contribution in [1.82, 2.24) is 0 Å². The quantitative estimate of drug-likeness (QED) is 0.256. The number of methoxy groups -OCH3 is 2. The van der Waals surface area contributed by atoms with Crippen LogP contribution in [0.2, 0.25) is 0 Å². The third-order valence-corrected chi connectivity index (χ3v) is 5.50. The lowest BCUT2D eigenvalue weighted by Gasteiger charge is -2.25. The van der Waals surface area contributed by atoms with Crippen molar-refractivity contribution in [2.75, 3.05) is 20.8 Å². The summed E-state index contributed by atoms with van der Waals surface area (Å²) in [5, 5.41) is -1.41. The van der Waals surface area contributed by atoms with E-state index in [2.05, 4.69) is 0 Å². The molecule has 0 amide bonds. The van der Waals surface area contributed by atoms with Gasteiger partial charge < -0.3 is 14.2 Å². The van der Waals surface area contributed by atoms with Gasteiger partial charge in [0.25, 0.3) is 0 Å². The highest BCUT2D eigenvalue weighted by atomic mass is 31.1. The Bertz CT molecular complexity index is 651. The summed E-state index contributed by atoms with van der Waals surface area (Å²) in [5.41, 5.74) is 0.243. The molecule has 0 aliphatic rings. The van der Waals surface area contributed by atoms with Gasteiger partial charge in [-0.15, -0.1) is 0 Å². The molecule has 1 aromatic rings. The largest absolute Gasteiger partial charge is 0.496 e. The van der Waals surface area contributed by atoms with Gasteiger partial charge in [0.2, 0.25) is 0 Å². The zero-order valence-corrected chi connectivity index (χ0v) is 18.3. The Morgan fingerprint density at radius 2 is 1.75 bits per heavy atom. The summed E-state index contributed by atoms with van der Waals surface area (Å²) in [6, 6.07) is 5.02. The second-order valence-electron chi connectivity index (χ2n) is 7.18. The average Bonchev–Trinajstić information content (AvgIpc) is 2.69. The van der Waals surface area contributed by atoms with Crippen LogP contribution in [0.3, 0.4) is 0 Å². The molecule has 1 rings (SSSR count). The summed E-state index contributed by atoms with van der Waals surface area (Å²) >= 11 is 0. The summed E-state index contributed by atoms with van der Waals surface area (Å²) in [4.78, 5) is 25.9. The maximum atomic E-state index is 13.1. The van der Waals surface area contributed by atoms with Crippen LogP contribution in [-0.2, 0) is 14.1 Å². The molecule has 6 nitrogen and oxygen atoms in total. The first-order valence-electron chi connectivity index (χ1n) is 9.61. The van der Waals surface area contributed by atoms with Crippen LogP contribution < -0.4 is 9.47 Å². The van der Waals surface area contributed by atoms with Gasteiger partial charge in [0.05, 0.1) is 20.8 Å². The van der Waals surface area contributed by atoms with Gasteiger partial charge in [0.15, 0.2) is 19.4 Å². The summed E-state index contributed by atoms with van der Waals surface area (Å²) in [6.07, 6.45) is 2.24. The Morgan fingerprint density at radius 1 is 1.14 bits per heavy atom. The van der Waals surface area contributed by atoms with Crippen LogP contribution in [0.15, 0.2) is 18.2 Å². The Labute approximate surface area is 169 Å². The fourth-order valence-electron chi connectivity index (χ4n) is 2.85. The van der Waals surface area contributed by atoms with Crippen LogP contribution in [-0.4, -0.2) is 37.7 Å². The van der Waals surface area contributed by atoms with Crippen molar-refractivity contribution in [3.63, 3.8) is 0 Å². The maximum absolute atomic E-state index is 13.1. The van der Waals surface area contributed by atoms with Gasteiger partial charge in [-0.25, -0.2) is 0 Å². The third kappa shape index (κ3) is 6.30. The zero-order chi connectivity index (χ0) is 21.2. The molecular weight excluding hydrogens is 379 g/mol. The molecular formula is C21H31O6P. The lowest BCUT2D eigenvalue weighted by molar-refractivity contribution is -0.147. The minimum Gasteiger partial charge on any atom is -0.496 e. The fraction of sp³-hybridized carbons (Fsp3) is 0.619. The Hall–Kier alpha value is -1.94. The minimum atomic E-state index is -1.41. The van der Waals surface area contributed by atoms with Gasteiger partial charge in [-0.3, -0.25) is 14.2 Å². The first-order chi connectivity index (χ1) is 13.3. The van der Waals surface area contributed by atoms with Gasteiger partial charge >= 0.3 is 5.97 Å². The van der Waals surface area contributed by atoms with E-state index < -0.39 is 19.6 Å². The maximum Gasteiger partial charge on any atom is 0.324 e. The topological polar surface area (TPSA) is 78.9 Å². The van der Waals surface area contributed by atoms with Gasteiger partial charge in [-0.2, -0.15) is 0 Å². The van der Waals surface area contributed by atoms with Crippen molar-refractivity contribution in [2.24, 2.45) is 5.92 Å². The van der Waals surface area contributed by atoms with Crippen molar-refractivity contribution in [3.05, 3.63) is 23.8 Å². The van der Waals surface area contributed by atoms with Crippen LogP contribution in [0.4, 0.5) is 0 Å². The molecule has 0 bridgehead atoms. The Morgan fingerprint density at radius 3 is 2.21 bits per heavy atom. The molecule has 1 atom stereocenters. The van der Waals surface area contributed by atoms with E-state index in [1.807, 2.05) is 20.8 Å². The number of rotatable bonds is 13. The van der Waals surface area contributed by atoms with Crippen LogP contribution in [0.25, 0.3) is 0 Å². The number of Topliss-reactive ketones (excluding diaryl/α,β-unsaturated/α-hetero) is 1. The highest BCUT2D eigenvalue weighted by Gasteiger charge is 2.44. The van der Waals surface area contributed by atoms with Crippen molar-refractivity contribution in [1.29, 1.82) is 0 Å². The number of hydrogen-bond acceptors (Lipinski definition) is 6. The molecule has 7 heteroatoms. The van der Waals surface area contributed by atoms with Crippen LogP contribution >= 0.6 is 8.46 Å². The molecule has 0 saturated heterocycles. The minimum absolute atomic E-state index is 0.241. The summed E-state index contributed by atoms with van der Waals surface area (Å²) in [5.74, 6) is 0.117. The highest BCUT2D eigenvalue weighted by molar-refractivity contribution is 7.28. The Balaban J connectivity index is 3.17. The van der Waals surface area contributed by atoms with Gasteiger partial charge in [-0.1, -0.05) is 39.7 Å². The SMILES string of the molecule is CCCCC(CC(=O)c1c(OC)cccc1OC)(P=O)C(=O)OCCC(C)C. The molecule has 156 valence electrons. The molecule has 0 N–H and O–H groups in total. The van der Waals surface area contributed by atoms with Crippen molar-refractivity contribution in [2.45, 2.75) is 58.0 Å². The third-order valence-electron chi connectivity index (χ3n) is 4.59. The summed E-state index contributed by atoms with van der Waals surface area (Å²) in [6.45, 7) is 6.27. The number of unbranched alkanes of at least 4 members (excludes halogenated alkanes) is 1. The van der Waals surface area contributed by atoms with Crippen LogP contribution in [0, 0.1) is 5.92 Å². The number of benzene rings is 1. The molecule has 0 aliphatic heterocycles. The molecule has 1 aromatic carbocycles. The normalized spacial score (nSPS) is 13.2. The molecule has 0 spiro atoms. The molecule has 0 aliphatic carbocycles. The second-order valence-corrected chi connectivity index (χ2v) is 8.22.